The van der Waals surface area contributed by atoms with Gasteiger partial charge in [-0.05, 0) is 41.5 Å². The summed E-state index contributed by atoms with van der Waals surface area (Å²) in [6, 6.07) is 14.6. The average molecular weight is 406 g/mol. The number of nitrogens with zero attached hydrogens (tertiary/aromatic N) is 4. The van der Waals surface area contributed by atoms with E-state index >= 15 is 0 Å². The maximum Gasteiger partial charge on any atom is 0.243 e. The Labute approximate surface area is 166 Å². The number of tetrazole rings is 1. The zero-order valence-electron chi connectivity index (χ0n) is 14.3. The Morgan fingerprint density at radius 1 is 1.15 bits per heavy atom. The molecule has 0 saturated carbocycles. The summed E-state index contributed by atoms with van der Waals surface area (Å²) in [5, 5.41) is 15.8. The lowest BCUT2D eigenvalue weighted by Gasteiger charge is -2.06. The fraction of sp³-hybridized carbons (Fsp3) is 0.222. The van der Waals surface area contributed by atoms with E-state index in [1.165, 1.54) is 4.80 Å². The van der Waals surface area contributed by atoms with Gasteiger partial charge in [0.2, 0.25) is 11.7 Å². The molecule has 0 radical (unpaired) electrons. The van der Waals surface area contributed by atoms with Crippen LogP contribution in [-0.4, -0.2) is 32.7 Å². The number of benzene rings is 2. The van der Waals surface area contributed by atoms with E-state index in [2.05, 4.69) is 20.7 Å². The molecular formula is C18H17Cl2N5O2. The molecular weight excluding hydrogens is 389 g/mol. The monoisotopic (exact) mass is 405 g/mol. The lowest BCUT2D eigenvalue weighted by Crippen LogP contribution is -2.30. The van der Waals surface area contributed by atoms with Gasteiger partial charge in [-0.25, -0.2) is 0 Å². The summed E-state index contributed by atoms with van der Waals surface area (Å²) in [6.07, 6.45) is 0.600. The largest absolute Gasteiger partial charge is 0.485 e. The second kappa shape index (κ2) is 9.34. The van der Waals surface area contributed by atoms with E-state index in [-0.39, 0.29) is 19.1 Å². The van der Waals surface area contributed by atoms with Gasteiger partial charge in [-0.15, -0.1) is 10.2 Å². The molecule has 1 heterocycles. The van der Waals surface area contributed by atoms with Crippen LogP contribution in [0.1, 0.15) is 11.4 Å². The Morgan fingerprint density at radius 2 is 1.96 bits per heavy atom. The van der Waals surface area contributed by atoms with Crippen molar-refractivity contribution in [2.24, 2.45) is 0 Å². The molecule has 140 valence electrons. The minimum Gasteiger partial charge on any atom is -0.485 e. The van der Waals surface area contributed by atoms with Crippen LogP contribution in [0.4, 0.5) is 0 Å². The SMILES string of the molecule is O=C(Cn1nnc(COc2ccccc2)n1)NCCc1ccc(Cl)cc1Cl. The molecule has 7 nitrogen and oxygen atoms in total. The lowest BCUT2D eigenvalue weighted by atomic mass is 10.1. The minimum absolute atomic E-state index is 0.0211. The second-order valence-corrected chi connectivity index (χ2v) is 6.52. The molecule has 27 heavy (non-hydrogen) atoms. The molecule has 2 aromatic carbocycles. The highest BCUT2D eigenvalue weighted by Crippen LogP contribution is 2.21. The van der Waals surface area contributed by atoms with Gasteiger partial charge < -0.3 is 10.1 Å². The molecule has 0 aliphatic heterocycles. The molecule has 0 aliphatic carbocycles. The van der Waals surface area contributed by atoms with Crippen LogP contribution in [0.25, 0.3) is 0 Å². The number of ether oxygens (including phenoxy) is 1. The minimum atomic E-state index is -0.215. The first kappa shape index (κ1) is 19.1. The van der Waals surface area contributed by atoms with Crippen molar-refractivity contribution < 1.29 is 9.53 Å². The number of rotatable bonds is 8. The van der Waals surface area contributed by atoms with Gasteiger partial charge in [-0.1, -0.05) is 47.5 Å². The summed E-state index contributed by atoms with van der Waals surface area (Å²) in [5.41, 5.74) is 0.917. The molecule has 0 spiro atoms. The first-order valence-corrected chi connectivity index (χ1v) is 9.01. The molecule has 0 atom stereocenters. The van der Waals surface area contributed by atoms with Crippen LogP contribution in [0, 0.1) is 0 Å². The summed E-state index contributed by atoms with van der Waals surface area (Å²) in [4.78, 5) is 13.2. The normalized spacial score (nSPS) is 10.6. The Morgan fingerprint density at radius 3 is 2.74 bits per heavy atom. The Balaban J connectivity index is 1.42. The summed E-state index contributed by atoms with van der Waals surface area (Å²) < 4.78 is 5.54. The molecule has 0 aliphatic rings. The van der Waals surface area contributed by atoms with Gasteiger partial charge in [-0.3, -0.25) is 4.79 Å². The number of aromatic nitrogens is 4. The molecule has 0 bridgehead atoms. The number of halogens is 2. The number of carbonyl (C=O) groups excluding carboxylic acids is 1. The fourth-order valence-corrected chi connectivity index (χ4v) is 2.81. The Kier molecular flexibility index (Phi) is 6.62. The molecule has 9 heteroatoms. The number of hydrogen-bond acceptors (Lipinski definition) is 5. The zero-order chi connectivity index (χ0) is 19.1. The first-order chi connectivity index (χ1) is 13.1. The molecule has 1 amide bonds. The van der Waals surface area contributed by atoms with Crippen LogP contribution in [0.5, 0.6) is 5.75 Å². The van der Waals surface area contributed by atoms with E-state index in [0.29, 0.717) is 34.6 Å². The van der Waals surface area contributed by atoms with E-state index in [1.54, 1.807) is 12.1 Å². The van der Waals surface area contributed by atoms with E-state index in [1.807, 2.05) is 36.4 Å². The van der Waals surface area contributed by atoms with Crippen molar-refractivity contribution in [1.82, 2.24) is 25.5 Å². The second-order valence-electron chi connectivity index (χ2n) is 5.67. The zero-order valence-corrected chi connectivity index (χ0v) is 15.8. The predicted molar refractivity (Wildman–Crippen MR) is 102 cm³/mol. The van der Waals surface area contributed by atoms with Crippen LogP contribution in [-0.2, 0) is 24.4 Å². The van der Waals surface area contributed by atoms with Crippen molar-refractivity contribution in [2.45, 2.75) is 19.6 Å². The average Bonchev–Trinajstić information content (AvgIpc) is 3.10. The molecule has 1 aromatic heterocycles. The van der Waals surface area contributed by atoms with Gasteiger partial charge in [0.25, 0.3) is 0 Å². The Hall–Kier alpha value is -2.64. The number of nitrogens with one attached hydrogen (secondary N) is 1. The van der Waals surface area contributed by atoms with E-state index in [4.69, 9.17) is 27.9 Å². The summed E-state index contributed by atoms with van der Waals surface area (Å²) in [6.45, 7) is 0.603. The first-order valence-electron chi connectivity index (χ1n) is 8.25. The van der Waals surface area contributed by atoms with Gasteiger partial charge in [0.1, 0.15) is 12.3 Å². The van der Waals surface area contributed by atoms with Crippen LogP contribution >= 0.6 is 23.2 Å². The van der Waals surface area contributed by atoms with Crippen LogP contribution < -0.4 is 10.1 Å². The molecule has 0 fully saturated rings. The third-order valence-electron chi connectivity index (χ3n) is 3.62. The van der Waals surface area contributed by atoms with Crippen LogP contribution in [0.15, 0.2) is 48.5 Å². The van der Waals surface area contributed by atoms with Crippen molar-refractivity contribution in [3.63, 3.8) is 0 Å². The maximum atomic E-state index is 12.0. The van der Waals surface area contributed by atoms with Crippen LogP contribution in [0.2, 0.25) is 10.0 Å². The molecule has 1 N–H and O–H groups in total. The van der Waals surface area contributed by atoms with Gasteiger partial charge in [0.15, 0.2) is 6.61 Å². The number of amides is 1. The third-order valence-corrected chi connectivity index (χ3v) is 4.21. The third kappa shape index (κ3) is 5.94. The van der Waals surface area contributed by atoms with Gasteiger partial charge in [0.05, 0.1) is 0 Å². The molecule has 0 saturated heterocycles. The van der Waals surface area contributed by atoms with Gasteiger partial charge in [0, 0.05) is 16.6 Å². The quantitative estimate of drug-likeness (QED) is 0.622. The fourth-order valence-electron chi connectivity index (χ4n) is 2.31. The number of carbonyl (C=O) groups is 1. The topological polar surface area (TPSA) is 81.9 Å². The Bertz CT molecular complexity index is 902. The lowest BCUT2D eigenvalue weighted by molar-refractivity contribution is -0.122. The molecule has 3 rings (SSSR count). The van der Waals surface area contributed by atoms with Crippen molar-refractivity contribution in [1.29, 1.82) is 0 Å². The highest BCUT2D eigenvalue weighted by molar-refractivity contribution is 6.35. The highest BCUT2D eigenvalue weighted by atomic mass is 35.5. The van der Waals surface area contributed by atoms with E-state index in [0.717, 1.165) is 5.56 Å². The summed E-state index contributed by atoms with van der Waals surface area (Å²) >= 11 is 12.0. The smallest absolute Gasteiger partial charge is 0.243 e. The summed E-state index contributed by atoms with van der Waals surface area (Å²) in [5.74, 6) is 0.903. The predicted octanol–water partition coefficient (Wildman–Crippen LogP) is 2.92. The van der Waals surface area contributed by atoms with E-state index < -0.39 is 0 Å². The highest BCUT2D eigenvalue weighted by Gasteiger charge is 2.09. The van der Waals surface area contributed by atoms with Crippen molar-refractivity contribution in [3.05, 3.63) is 70.0 Å². The number of para-hydroxylation sites is 1. The maximum absolute atomic E-state index is 12.0. The summed E-state index contributed by atoms with van der Waals surface area (Å²) in [7, 11) is 0. The van der Waals surface area contributed by atoms with E-state index in [9.17, 15) is 4.79 Å². The standard InChI is InChI=1S/C18H17Cl2N5O2/c19-14-7-6-13(16(20)10-14)8-9-21-18(26)11-25-23-17(22-24-25)12-27-15-4-2-1-3-5-15/h1-7,10H,8-9,11-12H2,(H,21,26). The van der Waals surface area contributed by atoms with Crippen molar-refractivity contribution in [2.75, 3.05) is 6.54 Å². The van der Waals surface area contributed by atoms with Gasteiger partial charge >= 0.3 is 0 Å². The molecule has 3 aromatic rings. The van der Waals surface area contributed by atoms with Gasteiger partial charge in [-0.2, -0.15) is 4.80 Å². The van der Waals surface area contributed by atoms with Crippen molar-refractivity contribution in [3.8, 4) is 5.75 Å². The van der Waals surface area contributed by atoms with Crippen molar-refractivity contribution >= 4 is 29.1 Å². The van der Waals surface area contributed by atoms with Crippen LogP contribution in [0.3, 0.4) is 0 Å². The molecule has 0 unspecified atom stereocenters. The number of hydrogen-bond donors (Lipinski definition) is 1.